The van der Waals surface area contributed by atoms with Gasteiger partial charge < -0.3 is 10.1 Å². The smallest absolute Gasteiger partial charge is 0.238 e. The number of carbonyl (C=O) groups excluding carboxylic acids is 1. The molecule has 1 aromatic carbocycles. The van der Waals surface area contributed by atoms with Gasteiger partial charge in [0.1, 0.15) is 0 Å². The molecule has 2 rings (SSSR count). The van der Waals surface area contributed by atoms with Gasteiger partial charge in [0.25, 0.3) is 0 Å². The molecule has 1 aliphatic rings. The molecular weight excluding hydrogens is 240 g/mol. The van der Waals surface area contributed by atoms with Crippen LogP contribution in [0.25, 0.3) is 0 Å². The third kappa shape index (κ3) is 4.33. The number of nitrogens with one attached hydrogen (secondary N) is 1. The van der Waals surface area contributed by atoms with E-state index in [1.807, 2.05) is 45.0 Å². The molecule has 0 bridgehead atoms. The number of carbonyl (C=O) groups is 1. The number of rotatable bonds is 3. The minimum Gasteiger partial charge on any atom is -0.373 e. The Balaban J connectivity index is 1.87. The molecule has 0 aliphatic carbocycles. The van der Waals surface area contributed by atoms with Crippen molar-refractivity contribution in [3.8, 4) is 0 Å². The van der Waals surface area contributed by atoms with Crippen molar-refractivity contribution in [2.24, 2.45) is 0 Å². The molecule has 1 aromatic rings. The standard InChI is InChI=1S/C15H22N2O2/c1-11-5-4-6-14(7-11)16-15(18)10-17-8-12(2)19-13(3)9-17/h4-7,12-13H,8-10H2,1-3H3,(H,16,18). The van der Waals surface area contributed by atoms with Gasteiger partial charge in [-0.05, 0) is 38.5 Å². The number of hydrogen-bond donors (Lipinski definition) is 1. The van der Waals surface area contributed by atoms with Crippen molar-refractivity contribution >= 4 is 11.6 Å². The summed E-state index contributed by atoms with van der Waals surface area (Å²) in [5.41, 5.74) is 2.01. The fourth-order valence-electron chi connectivity index (χ4n) is 2.54. The Morgan fingerprint density at radius 3 is 2.68 bits per heavy atom. The molecular formula is C15H22N2O2. The molecule has 4 nitrogen and oxygen atoms in total. The van der Waals surface area contributed by atoms with E-state index in [4.69, 9.17) is 4.74 Å². The lowest BCUT2D eigenvalue weighted by Crippen LogP contribution is -2.48. The number of amides is 1. The SMILES string of the molecule is Cc1cccc(NC(=O)CN2CC(C)OC(C)C2)c1. The minimum atomic E-state index is 0.0342. The van der Waals surface area contributed by atoms with Crippen LogP contribution in [-0.4, -0.2) is 42.6 Å². The molecule has 1 amide bonds. The minimum absolute atomic E-state index is 0.0342. The van der Waals surface area contributed by atoms with E-state index in [0.717, 1.165) is 24.3 Å². The van der Waals surface area contributed by atoms with Gasteiger partial charge in [0.2, 0.25) is 5.91 Å². The maximum Gasteiger partial charge on any atom is 0.238 e. The molecule has 1 aliphatic heterocycles. The molecule has 2 atom stereocenters. The molecule has 19 heavy (non-hydrogen) atoms. The second-order valence-corrected chi connectivity index (χ2v) is 5.37. The first kappa shape index (κ1) is 14.0. The second-order valence-electron chi connectivity index (χ2n) is 5.37. The molecule has 0 saturated carbocycles. The quantitative estimate of drug-likeness (QED) is 0.906. The Hall–Kier alpha value is -1.39. The molecule has 0 aromatic heterocycles. The van der Waals surface area contributed by atoms with Gasteiger partial charge in [-0.2, -0.15) is 0 Å². The number of ether oxygens (including phenoxy) is 1. The first-order chi connectivity index (χ1) is 9.02. The fraction of sp³-hybridized carbons (Fsp3) is 0.533. The van der Waals surface area contributed by atoms with Crippen molar-refractivity contribution in [2.75, 3.05) is 25.0 Å². The van der Waals surface area contributed by atoms with Gasteiger partial charge in [0.15, 0.2) is 0 Å². The maximum absolute atomic E-state index is 12.0. The largest absolute Gasteiger partial charge is 0.373 e. The zero-order valence-electron chi connectivity index (χ0n) is 11.8. The van der Waals surface area contributed by atoms with E-state index in [9.17, 15) is 4.79 Å². The second kappa shape index (κ2) is 6.17. The van der Waals surface area contributed by atoms with Gasteiger partial charge in [-0.15, -0.1) is 0 Å². The van der Waals surface area contributed by atoms with E-state index in [2.05, 4.69) is 10.2 Å². The third-order valence-corrected chi connectivity index (χ3v) is 3.16. The predicted octanol–water partition coefficient (Wildman–Crippen LogP) is 2.04. The van der Waals surface area contributed by atoms with Crippen LogP contribution < -0.4 is 5.32 Å². The van der Waals surface area contributed by atoms with E-state index in [1.54, 1.807) is 0 Å². The molecule has 1 saturated heterocycles. The Labute approximate surface area is 114 Å². The van der Waals surface area contributed by atoms with Gasteiger partial charge in [0.05, 0.1) is 18.8 Å². The van der Waals surface area contributed by atoms with E-state index < -0.39 is 0 Å². The van der Waals surface area contributed by atoms with Crippen molar-refractivity contribution in [3.63, 3.8) is 0 Å². The highest BCUT2D eigenvalue weighted by atomic mass is 16.5. The lowest BCUT2D eigenvalue weighted by Gasteiger charge is -2.34. The summed E-state index contributed by atoms with van der Waals surface area (Å²) in [5.74, 6) is 0.0342. The Morgan fingerprint density at radius 2 is 2.05 bits per heavy atom. The van der Waals surface area contributed by atoms with Gasteiger partial charge in [-0.1, -0.05) is 12.1 Å². The van der Waals surface area contributed by atoms with Gasteiger partial charge in [-0.3, -0.25) is 9.69 Å². The summed E-state index contributed by atoms with van der Waals surface area (Å²) in [5, 5.41) is 2.94. The lowest BCUT2D eigenvalue weighted by atomic mass is 10.2. The monoisotopic (exact) mass is 262 g/mol. The summed E-state index contributed by atoms with van der Waals surface area (Å²) in [6.07, 6.45) is 0.381. The number of nitrogens with zero attached hydrogens (tertiary/aromatic N) is 1. The van der Waals surface area contributed by atoms with Crippen molar-refractivity contribution in [3.05, 3.63) is 29.8 Å². The first-order valence-electron chi connectivity index (χ1n) is 6.77. The van der Waals surface area contributed by atoms with Crippen LogP contribution in [-0.2, 0) is 9.53 Å². The average molecular weight is 262 g/mol. The molecule has 104 valence electrons. The Bertz CT molecular complexity index is 438. The summed E-state index contributed by atoms with van der Waals surface area (Å²) >= 11 is 0. The van der Waals surface area contributed by atoms with Crippen molar-refractivity contribution in [2.45, 2.75) is 33.0 Å². The Morgan fingerprint density at radius 1 is 1.37 bits per heavy atom. The Kier molecular flexibility index (Phi) is 4.56. The van der Waals surface area contributed by atoms with E-state index >= 15 is 0 Å². The molecule has 2 unspecified atom stereocenters. The summed E-state index contributed by atoms with van der Waals surface area (Å²) in [7, 11) is 0. The summed E-state index contributed by atoms with van der Waals surface area (Å²) in [6, 6.07) is 7.85. The van der Waals surface area contributed by atoms with Crippen LogP contribution >= 0.6 is 0 Å². The maximum atomic E-state index is 12.0. The third-order valence-electron chi connectivity index (χ3n) is 3.16. The van der Waals surface area contributed by atoms with Gasteiger partial charge in [-0.25, -0.2) is 0 Å². The molecule has 4 heteroatoms. The van der Waals surface area contributed by atoms with E-state index in [1.165, 1.54) is 0 Å². The summed E-state index contributed by atoms with van der Waals surface area (Å²) < 4.78 is 5.66. The van der Waals surface area contributed by atoms with Crippen molar-refractivity contribution in [1.82, 2.24) is 4.90 Å². The molecule has 1 fully saturated rings. The highest BCUT2D eigenvalue weighted by molar-refractivity contribution is 5.92. The first-order valence-corrected chi connectivity index (χ1v) is 6.77. The van der Waals surface area contributed by atoms with Crippen molar-refractivity contribution in [1.29, 1.82) is 0 Å². The number of anilines is 1. The van der Waals surface area contributed by atoms with Crippen LogP contribution in [0.2, 0.25) is 0 Å². The van der Waals surface area contributed by atoms with Gasteiger partial charge in [0, 0.05) is 18.8 Å². The summed E-state index contributed by atoms with van der Waals surface area (Å²) in [4.78, 5) is 14.2. The van der Waals surface area contributed by atoms with Crippen LogP contribution in [0.15, 0.2) is 24.3 Å². The van der Waals surface area contributed by atoms with E-state index in [-0.39, 0.29) is 18.1 Å². The number of morpholine rings is 1. The van der Waals surface area contributed by atoms with Crippen LogP contribution in [0.3, 0.4) is 0 Å². The van der Waals surface area contributed by atoms with E-state index in [0.29, 0.717) is 6.54 Å². The number of benzene rings is 1. The van der Waals surface area contributed by atoms with Crippen LogP contribution in [0.4, 0.5) is 5.69 Å². The topological polar surface area (TPSA) is 41.6 Å². The highest BCUT2D eigenvalue weighted by Crippen LogP contribution is 2.12. The number of hydrogen-bond acceptors (Lipinski definition) is 3. The average Bonchev–Trinajstić information content (AvgIpc) is 2.26. The zero-order valence-corrected chi connectivity index (χ0v) is 11.8. The van der Waals surface area contributed by atoms with Crippen molar-refractivity contribution < 1.29 is 9.53 Å². The highest BCUT2D eigenvalue weighted by Gasteiger charge is 2.23. The molecule has 0 spiro atoms. The molecule has 1 heterocycles. The summed E-state index contributed by atoms with van der Waals surface area (Å²) in [6.45, 7) is 8.15. The molecule has 0 radical (unpaired) electrons. The van der Waals surface area contributed by atoms with Crippen LogP contribution in [0.1, 0.15) is 19.4 Å². The lowest BCUT2D eigenvalue weighted by molar-refractivity contribution is -0.121. The predicted molar refractivity (Wildman–Crippen MR) is 76.3 cm³/mol. The zero-order chi connectivity index (χ0) is 13.8. The fourth-order valence-corrected chi connectivity index (χ4v) is 2.54. The van der Waals surface area contributed by atoms with Crippen LogP contribution in [0.5, 0.6) is 0 Å². The normalized spacial score (nSPS) is 24.2. The van der Waals surface area contributed by atoms with Gasteiger partial charge >= 0.3 is 0 Å². The van der Waals surface area contributed by atoms with Crippen LogP contribution in [0, 0.1) is 6.92 Å². The molecule has 1 N–H and O–H groups in total. The number of aryl methyl sites for hydroxylation is 1.